The molecule has 2 amide bonds. The third kappa shape index (κ3) is 4.37. The third-order valence-corrected chi connectivity index (χ3v) is 6.37. The zero-order valence-corrected chi connectivity index (χ0v) is 18.8. The van der Waals surface area contributed by atoms with E-state index in [2.05, 4.69) is 15.5 Å². The fraction of sp³-hybridized carbons (Fsp3) is 0.304. The van der Waals surface area contributed by atoms with E-state index in [0.29, 0.717) is 13.0 Å². The number of carbonyl (C=O) groups excluding carboxylic acids is 2. The van der Waals surface area contributed by atoms with Gasteiger partial charge >= 0.3 is 6.43 Å². The Morgan fingerprint density at radius 1 is 1.23 bits per heavy atom. The third-order valence-electron chi connectivity index (χ3n) is 6.04. The van der Waals surface area contributed by atoms with Crippen LogP contribution < -0.4 is 5.32 Å². The quantitative estimate of drug-likeness (QED) is 0.561. The van der Waals surface area contributed by atoms with Gasteiger partial charge in [0.25, 0.3) is 17.7 Å². The number of amides is 2. The molecule has 1 fully saturated rings. The number of rotatable bonds is 5. The van der Waals surface area contributed by atoms with Crippen LogP contribution in [0.4, 0.5) is 13.2 Å². The molecule has 5 rings (SSSR count). The lowest BCUT2D eigenvalue weighted by Gasteiger charge is -2.38. The van der Waals surface area contributed by atoms with Crippen LogP contribution in [0.25, 0.3) is 11.5 Å². The van der Waals surface area contributed by atoms with Gasteiger partial charge in [-0.2, -0.15) is 8.78 Å². The Morgan fingerprint density at radius 2 is 2.03 bits per heavy atom. The summed E-state index contributed by atoms with van der Waals surface area (Å²) in [6.45, 7) is 0.498. The molecule has 3 heterocycles. The van der Waals surface area contributed by atoms with Crippen molar-refractivity contribution >= 4 is 23.4 Å². The lowest BCUT2D eigenvalue weighted by Crippen LogP contribution is -2.56. The lowest BCUT2D eigenvalue weighted by atomic mass is 10.0. The molecule has 2 atom stereocenters. The number of benzene rings is 2. The van der Waals surface area contributed by atoms with Crippen LogP contribution in [0.2, 0.25) is 5.02 Å². The van der Waals surface area contributed by atoms with Gasteiger partial charge in [0, 0.05) is 23.3 Å². The number of carbonyl (C=O) groups is 2. The molecule has 0 aliphatic carbocycles. The van der Waals surface area contributed by atoms with Gasteiger partial charge in [0.1, 0.15) is 5.82 Å². The number of alkyl halides is 2. The van der Waals surface area contributed by atoms with Crippen LogP contribution >= 0.6 is 11.6 Å². The topological polar surface area (TPSA) is 97.6 Å². The second-order valence-corrected chi connectivity index (χ2v) is 8.56. The molecule has 0 unspecified atom stereocenters. The van der Waals surface area contributed by atoms with Crippen LogP contribution in [0.5, 0.6) is 0 Å². The predicted molar refractivity (Wildman–Crippen MR) is 116 cm³/mol. The number of nitrogens with zero attached hydrogens (tertiary/aromatic N) is 3. The van der Waals surface area contributed by atoms with Crippen molar-refractivity contribution in [2.45, 2.75) is 31.5 Å². The molecule has 1 aromatic heterocycles. The second kappa shape index (κ2) is 9.31. The van der Waals surface area contributed by atoms with Gasteiger partial charge in [-0.05, 0) is 30.7 Å². The van der Waals surface area contributed by atoms with E-state index in [1.807, 2.05) is 0 Å². The van der Waals surface area contributed by atoms with Crippen molar-refractivity contribution in [3.63, 3.8) is 0 Å². The normalized spacial score (nSPS) is 19.8. The van der Waals surface area contributed by atoms with Gasteiger partial charge in [-0.15, -0.1) is 10.2 Å². The van der Waals surface area contributed by atoms with Gasteiger partial charge in [0.05, 0.1) is 35.8 Å². The van der Waals surface area contributed by atoms with Crippen LogP contribution in [0.3, 0.4) is 0 Å². The number of halogens is 4. The van der Waals surface area contributed by atoms with Crippen molar-refractivity contribution in [1.29, 1.82) is 0 Å². The smallest absolute Gasteiger partial charge is 0.314 e. The molecule has 12 heteroatoms. The number of hydrogen-bond donors (Lipinski definition) is 1. The van der Waals surface area contributed by atoms with Crippen molar-refractivity contribution in [2.24, 2.45) is 0 Å². The fourth-order valence-electron chi connectivity index (χ4n) is 4.34. The molecule has 1 N–H and O–H groups in total. The summed E-state index contributed by atoms with van der Waals surface area (Å²) in [4.78, 5) is 27.6. The largest absolute Gasteiger partial charge is 0.415 e. The van der Waals surface area contributed by atoms with Gasteiger partial charge < -0.3 is 19.4 Å². The summed E-state index contributed by atoms with van der Waals surface area (Å²) in [6.07, 6.45) is -2.55. The standard InChI is InChI=1S/C23H18ClF3N4O4/c24-15-4-2-1-3-12(15)20(32)28-17-10-34-6-5-18(17)31-9-14-13(23(31)33)7-11(8-16(14)25)21-29-30-22(35-21)19(26)27/h1-4,7-8,17-19H,5-6,9-10H2,(H,28,32)/t17-,18-/m1/s1. The first-order valence-electron chi connectivity index (χ1n) is 10.7. The van der Waals surface area contributed by atoms with Crippen molar-refractivity contribution < 1.29 is 31.9 Å². The highest BCUT2D eigenvalue weighted by atomic mass is 35.5. The molecule has 182 valence electrons. The maximum Gasteiger partial charge on any atom is 0.314 e. The van der Waals surface area contributed by atoms with Crippen molar-refractivity contribution in [3.8, 4) is 11.5 Å². The monoisotopic (exact) mass is 506 g/mol. The lowest BCUT2D eigenvalue weighted by molar-refractivity contribution is 0.00836. The Hall–Kier alpha value is -3.44. The molecule has 3 aromatic rings. The average Bonchev–Trinajstić information content (AvgIpc) is 3.46. The zero-order valence-electron chi connectivity index (χ0n) is 18.0. The zero-order chi connectivity index (χ0) is 24.7. The van der Waals surface area contributed by atoms with Crippen LogP contribution in [-0.2, 0) is 11.3 Å². The molecule has 2 aliphatic heterocycles. The summed E-state index contributed by atoms with van der Waals surface area (Å²) in [5, 5.41) is 9.93. The van der Waals surface area contributed by atoms with Gasteiger partial charge in [-0.1, -0.05) is 23.7 Å². The molecular weight excluding hydrogens is 489 g/mol. The summed E-state index contributed by atoms with van der Waals surface area (Å²) in [7, 11) is 0. The number of ether oxygens (including phenoxy) is 1. The molecule has 8 nitrogen and oxygen atoms in total. The number of nitrogens with one attached hydrogen (secondary N) is 1. The van der Waals surface area contributed by atoms with E-state index in [-0.39, 0.29) is 46.3 Å². The van der Waals surface area contributed by atoms with Gasteiger partial charge in [0.2, 0.25) is 5.89 Å². The summed E-state index contributed by atoms with van der Waals surface area (Å²) in [5.41, 5.74) is 0.536. The Morgan fingerprint density at radius 3 is 2.77 bits per heavy atom. The van der Waals surface area contributed by atoms with E-state index in [1.54, 1.807) is 24.3 Å². The average molecular weight is 507 g/mol. The minimum Gasteiger partial charge on any atom is -0.415 e. The molecule has 0 radical (unpaired) electrons. The Labute approximate surface area is 202 Å². The van der Waals surface area contributed by atoms with Crippen LogP contribution in [0, 0.1) is 5.82 Å². The fourth-order valence-corrected chi connectivity index (χ4v) is 4.57. The number of fused-ring (bicyclic) bond motifs is 1. The second-order valence-electron chi connectivity index (χ2n) is 8.15. The molecule has 0 saturated carbocycles. The summed E-state index contributed by atoms with van der Waals surface area (Å²) in [6, 6.07) is 7.96. The van der Waals surface area contributed by atoms with E-state index in [0.717, 1.165) is 6.07 Å². The Kier molecular flexibility index (Phi) is 6.20. The van der Waals surface area contributed by atoms with Crippen molar-refractivity contribution in [3.05, 3.63) is 69.8 Å². The number of hydrogen-bond acceptors (Lipinski definition) is 6. The van der Waals surface area contributed by atoms with E-state index in [4.69, 9.17) is 20.8 Å². The van der Waals surface area contributed by atoms with E-state index in [9.17, 15) is 22.8 Å². The summed E-state index contributed by atoms with van der Waals surface area (Å²) >= 11 is 6.13. The van der Waals surface area contributed by atoms with Crippen molar-refractivity contribution in [1.82, 2.24) is 20.4 Å². The molecule has 2 aliphatic rings. The molecule has 1 saturated heterocycles. The van der Waals surface area contributed by atoms with E-state index in [1.165, 1.54) is 11.0 Å². The summed E-state index contributed by atoms with van der Waals surface area (Å²) < 4.78 is 51.0. The molecule has 0 spiro atoms. The highest BCUT2D eigenvalue weighted by molar-refractivity contribution is 6.33. The van der Waals surface area contributed by atoms with E-state index >= 15 is 0 Å². The van der Waals surface area contributed by atoms with E-state index < -0.39 is 42.0 Å². The SMILES string of the molecule is O=C(N[C@@H]1COCC[C@H]1N1Cc2c(F)cc(-c3nnc(C(F)F)o3)cc2C1=O)c1ccccc1Cl. The van der Waals surface area contributed by atoms with Crippen LogP contribution in [0.1, 0.15) is 45.0 Å². The number of aromatic nitrogens is 2. The molecule has 0 bridgehead atoms. The first kappa shape index (κ1) is 23.3. The maximum atomic E-state index is 15.0. The van der Waals surface area contributed by atoms with Crippen molar-refractivity contribution in [2.75, 3.05) is 13.2 Å². The highest BCUT2D eigenvalue weighted by Crippen LogP contribution is 2.34. The van der Waals surface area contributed by atoms with Crippen LogP contribution in [-0.4, -0.2) is 52.2 Å². The summed E-state index contributed by atoms with van der Waals surface area (Å²) in [5.74, 6) is -2.79. The molecular formula is C23H18ClF3N4O4. The van der Waals surface area contributed by atoms with Gasteiger partial charge in [-0.25, -0.2) is 4.39 Å². The van der Waals surface area contributed by atoms with Gasteiger partial charge in [0.15, 0.2) is 0 Å². The molecule has 2 aromatic carbocycles. The first-order valence-corrected chi connectivity index (χ1v) is 11.1. The Balaban J connectivity index is 1.39. The Bertz CT molecular complexity index is 1300. The highest BCUT2D eigenvalue weighted by Gasteiger charge is 2.40. The first-order chi connectivity index (χ1) is 16.8. The minimum atomic E-state index is -2.97. The minimum absolute atomic E-state index is 0.0183. The molecule has 35 heavy (non-hydrogen) atoms. The predicted octanol–water partition coefficient (Wildman–Crippen LogP) is 4.01. The van der Waals surface area contributed by atoms with Crippen LogP contribution in [0.15, 0.2) is 40.8 Å². The van der Waals surface area contributed by atoms with Gasteiger partial charge in [-0.3, -0.25) is 9.59 Å². The maximum absolute atomic E-state index is 15.0.